The normalized spacial score (nSPS) is 23.2. The van der Waals surface area contributed by atoms with E-state index >= 15 is 0 Å². The molecule has 6 heteroatoms. The summed E-state index contributed by atoms with van der Waals surface area (Å²) in [6.07, 6.45) is 2.74. The first kappa shape index (κ1) is 7.87. The van der Waals surface area contributed by atoms with Crippen LogP contribution in [0.5, 0.6) is 0 Å². The molecule has 0 aromatic heterocycles. The Bertz CT molecular complexity index is 248. The Labute approximate surface area is 67.7 Å². The first-order valence-corrected chi connectivity index (χ1v) is 3.28. The summed E-state index contributed by atoms with van der Waals surface area (Å²) in [5.74, 6) is -0.00231. The topological polar surface area (TPSA) is 81.2 Å². The van der Waals surface area contributed by atoms with Crippen LogP contribution in [0.4, 0.5) is 0 Å². The van der Waals surface area contributed by atoms with Crippen LogP contribution in [0.25, 0.3) is 0 Å². The molecule has 5 nitrogen and oxygen atoms in total. The van der Waals surface area contributed by atoms with Gasteiger partial charge in [0.05, 0.1) is 4.92 Å². The van der Waals surface area contributed by atoms with Crippen LogP contribution in [0.2, 0.25) is 0 Å². The fourth-order valence-electron chi connectivity index (χ4n) is 0.695. The lowest BCUT2D eigenvalue weighted by molar-refractivity contribution is -0.420. The zero-order valence-electron chi connectivity index (χ0n) is 5.45. The lowest BCUT2D eigenvalue weighted by atomic mass is 10.3. The molecule has 0 aromatic rings. The fraction of sp³-hybridized carbons (Fsp3) is 0.200. The summed E-state index contributed by atoms with van der Waals surface area (Å²) in [4.78, 5) is 9.64. The van der Waals surface area contributed by atoms with Crippen molar-refractivity contribution in [1.82, 2.24) is 5.32 Å². The van der Waals surface area contributed by atoms with E-state index in [0.717, 1.165) is 0 Å². The minimum absolute atomic E-state index is 0.00231. The first-order valence-electron chi connectivity index (χ1n) is 2.84. The summed E-state index contributed by atoms with van der Waals surface area (Å²) in [5, 5.41) is 12.7. The van der Waals surface area contributed by atoms with Crippen LogP contribution in [0.1, 0.15) is 0 Å². The molecule has 1 aliphatic rings. The van der Waals surface area contributed by atoms with Gasteiger partial charge in [0.1, 0.15) is 5.50 Å². The van der Waals surface area contributed by atoms with Crippen molar-refractivity contribution in [3.05, 3.63) is 33.8 Å². The molecule has 0 aromatic carbocycles. The van der Waals surface area contributed by atoms with Gasteiger partial charge < -0.3 is 11.1 Å². The Morgan fingerprint density at radius 1 is 1.82 bits per heavy atom. The van der Waals surface area contributed by atoms with Crippen LogP contribution < -0.4 is 11.1 Å². The van der Waals surface area contributed by atoms with Gasteiger partial charge in [0.15, 0.2) is 5.82 Å². The van der Waals surface area contributed by atoms with Gasteiger partial charge in [-0.25, -0.2) is 0 Å². The molecule has 0 radical (unpaired) electrons. The van der Waals surface area contributed by atoms with Gasteiger partial charge in [-0.05, 0) is 6.08 Å². The van der Waals surface area contributed by atoms with Gasteiger partial charge in [0.25, 0.3) is 0 Å². The minimum Gasteiger partial charge on any atom is -0.380 e. The third-order valence-electron chi connectivity index (χ3n) is 1.19. The molecule has 11 heavy (non-hydrogen) atoms. The molecule has 0 spiro atoms. The van der Waals surface area contributed by atoms with Crippen LogP contribution in [-0.4, -0.2) is 10.4 Å². The van der Waals surface area contributed by atoms with Gasteiger partial charge >= 0.3 is 5.70 Å². The highest BCUT2D eigenvalue weighted by molar-refractivity contribution is 6.21. The number of halogens is 1. The summed E-state index contributed by atoms with van der Waals surface area (Å²) in [6, 6.07) is 0. The second-order valence-electron chi connectivity index (χ2n) is 1.96. The van der Waals surface area contributed by atoms with Crippen LogP contribution >= 0.6 is 11.6 Å². The second kappa shape index (κ2) is 2.79. The van der Waals surface area contributed by atoms with Crippen LogP contribution in [0.3, 0.4) is 0 Å². The summed E-state index contributed by atoms with van der Waals surface area (Å²) in [7, 11) is 0. The molecule has 0 bridgehead atoms. The van der Waals surface area contributed by atoms with Crippen molar-refractivity contribution in [2.45, 2.75) is 5.50 Å². The van der Waals surface area contributed by atoms with Gasteiger partial charge in [-0.15, -0.1) is 0 Å². The maximum absolute atomic E-state index is 10.2. The number of hydrogen-bond acceptors (Lipinski definition) is 4. The maximum atomic E-state index is 10.2. The highest BCUT2D eigenvalue weighted by atomic mass is 35.5. The van der Waals surface area contributed by atoms with E-state index in [2.05, 4.69) is 5.32 Å². The molecule has 1 aliphatic heterocycles. The quantitative estimate of drug-likeness (QED) is 0.257. The predicted octanol–water partition coefficient (Wildman–Crippen LogP) is 0.115. The summed E-state index contributed by atoms with van der Waals surface area (Å²) >= 11 is 5.55. The van der Waals surface area contributed by atoms with Gasteiger partial charge in [-0.1, -0.05) is 11.6 Å². The van der Waals surface area contributed by atoms with Crippen molar-refractivity contribution >= 4 is 11.6 Å². The van der Waals surface area contributed by atoms with Crippen LogP contribution in [0, 0.1) is 10.1 Å². The number of nitrogens with one attached hydrogen (secondary N) is 1. The molecular weight excluding hydrogens is 170 g/mol. The van der Waals surface area contributed by atoms with E-state index in [9.17, 15) is 10.1 Å². The van der Waals surface area contributed by atoms with Gasteiger partial charge in [0, 0.05) is 6.08 Å². The number of rotatable bonds is 1. The Morgan fingerprint density at radius 3 is 2.91 bits per heavy atom. The molecule has 1 heterocycles. The number of nitro groups is 1. The average molecular weight is 176 g/mol. The summed E-state index contributed by atoms with van der Waals surface area (Å²) < 4.78 is 0. The molecular formula is C5H6ClN3O2. The van der Waals surface area contributed by atoms with Crippen LogP contribution in [-0.2, 0) is 0 Å². The molecule has 0 saturated carbocycles. The molecule has 1 unspecified atom stereocenters. The van der Waals surface area contributed by atoms with E-state index in [1.165, 1.54) is 12.2 Å². The highest BCUT2D eigenvalue weighted by Crippen LogP contribution is 2.09. The Morgan fingerprint density at radius 2 is 2.45 bits per heavy atom. The van der Waals surface area contributed by atoms with Gasteiger partial charge in [-0.2, -0.15) is 0 Å². The van der Waals surface area contributed by atoms with E-state index in [0.29, 0.717) is 0 Å². The van der Waals surface area contributed by atoms with E-state index < -0.39 is 10.4 Å². The smallest absolute Gasteiger partial charge is 0.308 e. The van der Waals surface area contributed by atoms with Crippen molar-refractivity contribution in [1.29, 1.82) is 0 Å². The molecule has 60 valence electrons. The Kier molecular flexibility index (Phi) is 2.00. The molecule has 3 N–H and O–H groups in total. The molecule has 0 amide bonds. The molecule has 0 saturated heterocycles. The lowest BCUT2D eigenvalue weighted by Gasteiger charge is -2.12. The zero-order valence-corrected chi connectivity index (χ0v) is 6.21. The highest BCUT2D eigenvalue weighted by Gasteiger charge is 2.18. The van der Waals surface area contributed by atoms with Gasteiger partial charge in [0.2, 0.25) is 0 Å². The molecule has 0 aliphatic carbocycles. The molecule has 1 rings (SSSR count). The van der Waals surface area contributed by atoms with Crippen LogP contribution in [0.15, 0.2) is 23.7 Å². The van der Waals surface area contributed by atoms with E-state index in [4.69, 9.17) is 17.3 Å². The van der Waals surface area contributed by atoms with Gasteiger partial charge in [-0.3, -0.25) is 10.1 Å². The Balaban J connectivity index is 2.88. The minimum atomic E-state index is -0.568. The first-order chi connectivity index (χ1) is 5.11. The summed E-state index contributed by atoms with van der Waals surface area (Å²) in [5.41, 5.74) is 4.65. The average Bonchev–Trinajstić information content (AvgIpc) is 1.85. The largest absolute Gasteiger partial charge is 0.380 e. The third-order valence-corrected chi connectivity index (χ3v) is 1.44. The maximum Gasteiger partial charge on any atom is 0.308 e. The zero-order chi connectivity index (χ0) is 8.43. The van der Waals surface area contributed by atoms with E-state index in [-0.39, 0.29) is 11.5 Å². The third kappa shape index (κ3) is 1.62. The number of alkyl halides is 1. The van der Waals surface area contributed by atoms with Crippen molar-refractivity contribution in [2.75, 3.05) is 0 Å². The SMILES string of the molecule is NC1=C([N+](=O)[O-])C=CC(Cl)N1. The second-order valence-corrected chi connectivity index (χ2v) is 2.43. The number of allylic oxidation sites excluding steroid dienone is 1. The van der Waals surface area contributed by atoms with Crippen molar-refractivity contribution < 1.29 is 4.92 Å². The van der Waals surface area contributed by atoms with Crippen molar-refractivity contribution in [2.24, 2.45) is 5.73 Å². The summed E-state index contributed by atoms with van der Waals surface area (Å²) in [6.45, 7) is 0. The van der Waals surface area contributed by atoms with Crippen molar-refractivity contribution in [3.63, 3.8) is 0 Å². The number of nitrogens with two attached hydrogens (primary N) is 1. The number of nitrogens with zero attached hydrogens (tertiary/aromatic N) is 1. The fourth-order valence-corrected chi connectivity index (χ4v) is 0.886. The monoisotopic (exact) mass is 175 g/mol. The Hall–Kier alpha value is -1.23. The van der Waals surface area contributed by atoms with Crippen molar-refractivity contribution in [3.8, 4) is 0 Å². The standard InChI is InChI=1S/C5H6ClN3O2/c6-4-2-1-3(9(10)11)5(7)8-4/h1-2,4,8H,7H2. The van der Waals surface area contributed by atoms with E-state index in [1.54, 1.807) is 0 Å². The number of hydrogen-bond donors (Lipinski definition) is 2. The number of dihydropyridines is 1. The lowest BCUT2D eigenvalue weighted by Crippen LogP contribution is -2.31. The molecule has 0 fully saturated rings. The molecule has 1 atom stereocenters. The van der Waals surface area contributed by atoms with E-state index in [1.807, 2.05) is 0 Å². The predicted molar refractivity (Wildman–Crippen MR) is 40.1 cm³/mol.